The van der Waals surface area contributed by atoms with Crippen LogP contribution in [0.25, 0.3) is 22.3 Å². The SMILES string of the molecule is C=CC1COC(c2ccc(-c3ccc(-c4ccc(CCCCC)c(F)c4F)cc3)cc2F)OC1. The second-order valence-electron chi connectivity index (χ2n) is 8.67. The number of rotatable bonds is 8. The monoisotopic (exact) mass is 466 g/mol. The molecule has 178 valence electrons. The summed E-state index contributed by atoms with van der Waals surface area (Å²) in [5.41, 5.74) is 2.98. The molecule has 0 unspecified atom stereocenters. The third-order valence-corrected chi connectivity index (χ3v) is 6.25. The number of ether oxygens (including phenoxy) is 2. The summed E-state index contributed by atoms with van der Waals surface area (Å²) in [6, 6.07) is 15.2. The summed E-state index contributed by atoms with van der Waals surface area (Å²) >= 11 is 0. The summed E-state index contributed by atoms with van der Waals surface area (Å²) in [4.78, 5) is 0. The van der Waals surface area contributed by atoms with Crippen LogP contribution in [-0.2, 0) is 15.9 Å². The molecule has 0 aromatic heterocycles. The Bertz CT molecular complexity index is 1130. The average Bonchev–Trinajstić information content (AvgIpc) is 2.87. The molecule has 0 aliphatic carbocycles. The van der Waals surface area contributed by atoms with Gasteiger partial charge in [0.15, 0.2) is 17.9 Å². The molecule has 4 rings (SSSR count). The molecule has 3 aromatic carbocycles. The third kappa shape index (κ3) is 5.26. The molecule has 0 amide bonds. The molecule has 0 saturated carbocycles. The largest absolute Gasteiger partial charge is 0.348 e. The normalized spacial score (nSPS) is 18.1. The summed E-state index contributed by atoms with van der Waals surface area (Å²) in [5, 5.41) is 0. The van der Waals surface area contributed by atoms with Gasteiger partial charge >= 0.3 is 0 Å². The van der Waals surface area contributed by atoms with E-state index in [-0.39, 0.29) is 11.5 Å². The first-order valence-electron chi connectivity index (χ1n) is 11.7. The van der Waals surface area contributed by atoms with Crippen molar-refractivity contribution < 1.29 is 22.6 Å². The van der Waals surface area contributed by atoms with Crippen LogP contribution in [-0.4, -0.2) is 13.2 Å². The van der Waals surface area contributed by atoms with E-state index in [4.69, 9.17) is 9.47 Å². The first-order valence-corrected chi connectivity index (χ1v) is 11.7. The Balaban J connectivity index is 1.50. The van der Waals surface area contributed by atoms with Crippen LogP contribution in [0.3, 0.4) is 0 Å². The fourth-order valence-corrected chi connectivity index (χ4v) is 4.14. The summed E-state index contributed by atoms with van der Waals surface area (Å²) in [6.45, 7) is 6.67. The Morgan fingerprint density at radius 2 is 1.53 bits per heavy atom. The lowest BCUT2D eigenvalue weighted by Crippen LogP contribution is -2.26. The smallest absolute Gasteiger partial charge is 0.186 e. The van der Waals surface area contributed by atoms with E-state index in [0.29, 0.717) is 41.9 Å². The van der Waals surface area contributed by atoms with Gasteiger partial charge in [0.05, 0.1) is 13.2 Å². The molecule has 1 saturated heterocycles. The van der Waals surface area contributed by atoms with E-state index in [1.165, 1.54) is 6.07 Å². The first kappa shape index (κ1) is 24.2. The van der Waals surface area contributed by atoms with Crippen LogP contribution in [0.1, 0.15) is 43.6 Å². The zero-order chi connectivity index (χ0) is 24.1. The van der Waals surface area contributed by atoms with Gasteiger partial charge in [0, 0.05) is 17.0 Å². The van der Waals surface area contributed by atoms with E-state index in [0.717, 1.165) is 24.8 Å². The Kier molecular flexibility index (Phi) is 7.86. The minimum absolute atomic E-state index is 0.104. The van der Waals surface area contributed by atoms with Crippen LogP contribution < -0.4 is 0 Å². The molecule has 1 fully saturated rings. The molecule has 1 aliphatic rings. The van der Waals surface area contributed by atoms with E-state index < -0.39 is 23.7 Å². The average molecular weight is 467 g/mol. The molecular weight excluding hydrogens is 437 g/mol. The number of hydrogen-bond donors (Lipinski definition) is 0. The molecule has 2 nitrogen and oxygen atoms in total. The quantitative estimate of drug-likeness (QED) is 0.247. The lowest BCUT2D eigenvalue weighted by Gasteiger charge is -2.28. The van der Waals surface area contributed by atoms with E-state index >= 15 is 0 Å². The van der Waals surface area contributed by atoms with Crippen molar-refractivity contribution in [2.24, 2.45) is 5.92 Å². The van der Waals surface area contributed by atoms with Crippen molar-refractivity contribution in [3.05, 3.63) is 95.8 Å². The highest BCUT2D eigenvalue weighted by Crippen LogP contribution is 2.32. The maximum atomic E-state index is 14.8. The second kappa shape index (κ2) is 11.0. The Morgan fingerprint density at radius 1 is 0.853 bits per heavy atom. The lowest BCUT2D eigenvalue weighted by molar-refractivity contribution is -0.198. The molecule has 0 bridgehead atoms. The van der Waals surface area contributed by atoms with Crippen LogP contribution in [0.15, 0.2) is 67.3 Å². The molecule has 0 atom stereocenters. The maximum absolute atomic E-state index is 14.8. The van der Waals surface area contributed by atoms with Crippen molar-refractivity contribution in [1.29, 1.82) is 0 Å². The lowest BCUT2D eigenvalue weighted by atomic mass is 9.97. The fourth-order valence-electron chi connectivity index (χ4n) is 4.14. The molecular formula is C29H29F3O2. The zero-order valence-corrected chi connectivity index (χ0v) is 19.3. The van der Waals surface area contributed by atoms with E-state index in [9.17, 15) is 13.2 Å². The molecule has 1 aliphatic heterocycles. The number of benzene rings is 3. The minimum Gasteiger partial charge on any atom is -0.348 e. The van der Waals surface area contributed by atoms with Crippen molar-refractivity contribution in [1.82, 2.24) is 0 Å². The topological polar surface area (TPSA) is 18.5 Å². The summed E-state index contributed by atoms with van der Waals surface area (Å²) in [6.07, 6.45) is 4.41. The van der Waals surface area contributed by atoms with Gasteiger partial charge in [-0.25, -0.2) is 13.2 Å². The standard InChI is InChI=1S/C29H29F3O2/c1-3-5-6-7-22-12-14-24(28(32)27(22)31)21-10-8-20(9-11-21)23-13-15-25(26(30)16-23)29-33-17-19(4-2)18-34-29/h4,8-16,19,29H,2-3,5-7,17-18H2,1H3. The Hall–Kier alpha value is -2.89. The van der Waals surface area contributed by atoms with Gasteiger partial charge in [-0.05, 0) is 41.2 Å². The van der Waals surface area contributed by atoms with Crippen molar-refractivity contribution in [3.63, 3.8) is 0 Å². The molecule has 34 heavy (non-hydrogen) atoms. The van der Waals surface area contributed by atoms with Crippen LogP contribution >= 0.6 is 0 Å². The van der Waals surface area contributed by atoms with Gasteiger partial charge in [-0.1, -0.05) is 74.4 Å². The van der Waals surface area contributed by atoms with Gasteiger partial charge in [-0.2, -0.15) is 0 Å². The number of hydrogen-bond acceptors (Lipinski definition) is 2. The van der Waals surface area contributed by atoms with Gasteiger partial charge in [0.2, 0.25) is 0 Å². The van der Waals surface area contributed by atoms with Crippen LogP contribution in [0, 0.1) is 23.4 Å². The van der Waals surface area contributed by atoms with Gasteiger partial charge in [0.1, 0.15) is 5.82 Å². The van der Waals surface area contributed by atoms with Crippen molar-refractivity contribution in [2.75, 3.05) is 13.2 Å². The third-order valence-electron chi connectivity index (χ3n) is 6.25. The molecule has 3 aromatic rings. The minimum atomic E-state index is -0.830. The van der Waals surface area contributed by atoms with Gasteiger partial charge in [0.25, 0.3) is 0 Å². The van der Waals surface area contributed by atoms with Crippen LogP contribution in [0.4, 0.5) is 13.2 Å². The maximum Gasteiger partial charge on any atom is 0.186 e. The Labute approximate surface area is 199 Å². The number of aryl methyl sites for hydroxylation is 1. The second-order valence-corrected chi connectivity index (χ2v) is 8.67. The van der Waals surface area contributed by atoms with E-state index in [1.54, 1.807) is 54.6 Å². The predicted molar refractivity (Wildman–Crippen MR) is 129 cm³/mol. The van der Waals surface area contributed by atoms with Crippen molar-refractivity contribution >= 4 is 0 Å². The predicted octanol–water partition coefficient (Wildman–Crippen LogP) is 8.02. The molecule has 0 spiro atoms. The van der Waals surface area contributed by atoms with E-state index in [2.05, 4.69) is 13.5 Å². The zero-order valence-electron chi connectivity index (χ0n) is 19.3. The number of unbranched alkanes of at least 4 members (excludes halogenated alkanes) is 2. The van der Waals surface area contributed by atoms with Gasteiger partial charge < -0.3 is 9.47 Å². The summed E-state index contributed by atoms with van der Waals surface area (Å²) in [5.74, 6) is -1.92. The van der Waals surface area contributed by atoms with Crippen molar-refractivity contribution in [3.8, 4) is 22.3 Å². The molecule has 0 N–H and O–H groups in total. The molecule has 0 radical (unpaired) electrons. The summed E-state index contributed by atoms with van der Waals surface area (Å²) in [7, 11) is 0. The Morgan fingerprint density at radius 3 is 2.18 bits per heavy atom. The summed E-state index contributed by atoms with van der Waals surface area (Å²) < 4.78 is 55.4. The van der Waals surface area contributed by atoms with E-state index in [1.807, 2.05) is 0 Å². The highest BCUT2D eigenvalue weighted by atomic mass is 19.2. The first-order chi connectivity index (χ1) is 16.5. The highest BCUT2D eigenvalue weighted by molar-refractivity contribution is 5.71. The highest BCUT2D eigenvalue weighted by Gasteiger charge is 2.24. The van der Waals surface area contributed by atoms with Crippen LogP contribution in [0.2, 0.25) is 0 Å². The fraction of sp³-hybridized carbons (Fsp3) is 0.310. The van der Waals surface area contributed by atoms with Gasteiger partial charge in [-0.15, -0.1) is 6.58 Å². The molecule has 1 heterocycles. The number of halogens is 3. The van der Waals surface area contributed by atoms with Crippen molar-refractivity contribution in [2.45, 2.75) is 38.9 Å². The van der Waals surface area contributed by atoms with Gasteiger partial charge in [-0.3, -0.25) is 0 Å². The molecule has 5 heteroatoms. The van der Waals surface area contributed by atoms with Crippen LogP contribution in [0.5, 0.6) is 0 Å².